The number of hydrogen-bond acceptors (Lipinski definition) is 2. The Morgan fingerprint density at radius 1 is 1.12 bits per heavy atom. The second-order valence-corrected chi connectivity index (χ2v) is 5.21. The largest absolute Gasteiger partial charge is 0.355 e. The lowest BCUT2D eigenvalue weighted by Crippen LogP contribution is -2.28. The minimum absolute atomic E-state index is 0.465. The molecule has 94 valence electrons. The van der Waals surface area contributed by atoms with E-state index in [9.17, 15) is 0 Å². The maximum atomic E-state index is 6.27. The van der Waals surface area contributed by atoms with Crippen LogP contribution in [0.15, 0.2) is 12.3 Å². The molecular weight excluding hydrogens is 255 g/mol. The standard InChI is InChI=1S/C13H18Cl2N2/c14-9-11-8-12(15)13(16-10-11)17-6-4-2-1-3-5-7-17/h8,10H,1-7,9H2. The van der Waals surface area contributed by atoms with E-state index >= 15 is 0 Å². The number of halogens is 2. The Kier molecular flexibility index (Phi) is 4.93. The molecule has 0 aromatic carbocycles. The number of anilines is 1. The van der Waals surface area contributed by atoms with Crippen LogP contribution in [0.5, 0.6) is 0 Å². The van der Waals surface area contributed by atoms with Crippen LogP contribution in [-0.2, 0) is 5.88 Å². The molecule has 2 heterocycles. The van der Waals surface area contributed by atoms with Gasteiger partial charge < -0.3 is 4.90 Å². The molecule has 0 atom stereocenters. The average molecular weight is 273 g/mol. The highest BCUT2D eigenvalue weighted by Gasteiger charge is 2.13. The molecule has 1 fully saturated rings. The van der Waals surface area contributed by atoms with E-state index in [-0.39, 0.29) is 0 Å². The Morgan fingerprint density at radius 2 is 1.76 bits per heavy atom. The highest BCUT2D eigenvalue weighted by Crippen LogP contribution is 2.26. The molecule has 1 aromatic rings. The smallest absolute Gasteiger partial charge is 0.147 e. The van der Waals surface area contributed by atoms with Gasteiger partial charge in [0.2, 0.25) is 0 Å². The number of rotatable bonds is 2. The summed E-state index contributed by atoms with van der Waals surface area (Å²) in [4.78, 5) is 6.76. The number of pyridine rings is 1. The van der Waals surface area contributed by atoms with Crippen molar-refractivity contribution in [2.75, 3.05) is 18.0 Å². The number of alkyl halides is 1. The van der Waals surface area contributed by atoms with E-state index in [1.165, 1.54) is 32.1 Å². The van der Waals surface area contributed by atoms with Gasteiger partial charge in [-0.1, -0.05) is 30.9 Å². The monoisotopic (exact) mass is 272 g/mol. The summed E-state index contributed by atoms with van der Waals surface area (Å²) < 4.78 is 0. The highest BCUT2D eigenvalue weighted by molar-refractivity contribution is 6.33. The normalized spacial score (nSPS) is 17.6. The van der Waals surface area contributed by atoms with Gasteiger partial charge in [-0.2, -0.15) is 0 Å². The number of aromatic nitrogens is 1. The molecule has 1 saturated heterocycles. The van der Waals surface area contributed by atoms with Crippen LogP contribution >= 0.6 is 23.2 Å². The van der Waals surface area contributed by atoms with E-state index in [2.05, 4.69) is 9.88 Å². The summed E-state index contributed by atoms with van der Waals surface area (Å²) in [6, 6.07) is 1.93. The van der Waals surface area contributed by atoms with Crippen molar-refractivity contribution in [2.45, 2.75) is 38.0 Å². The fraction of sp³-hybridized carbons (Fsp3) is 0.615. The molecule has 0 amide bonds. The Hall–Kier alpha value is -0.470. The Bertz CT molecular complexity index is 360. The van der Waals surface area contributed by atoms with Crippen molar-refractivity contribution in [3.8, 4) is 0 Å². The third kappa shape index (κ3) is 3.49. The molecule has 2 rings (SSSR count). The first-order chi connectivity index (χ1) is 8.31. The topological polar surface area (TPSA) is 16.1 Å². The minimum atomic E-state index is 0.465. The van der Waals surface area contributed by atoms with Crippen molar-refractivity contribution in [2.24, 2.45) is 0 Å². The molecule has 4 heteroatoms. The molecule has 1 aliphatic heterocycles. The van der Waals surface area contributed by atoms with Crippen LogP contribution < -0.4 is 4.90 Å². The van der Waals surface area contributed by atoms with Gasteiger partial charge in [-0.3, -0.25) is 0 Å². The van der Waals surface area contributed by atoms with Crippen molar-refractivity contribution in [3.05, 3.63) is 22.8 Å². The van der Waals surface area contributed by atoms with Crippen LogP contribution in [0.4, 0.5) is 5.82 Å². The predicted octanol–water partition coefficient (Wildman–Crippen LogP) is 4.24. The SMILES string of the molecule is ClCc1cnc(N2CCCCCCC2)c(Cl)c1. The third-order valence-electron chi connectivity index (χ3n) is 3.19. The summed E-state index contributed by atoms with van der Waals surface area (Å²) in [5, 5.41) is 0.726. The third-order valence-corrected chi connectivity index (χ3v) is 3.78. The van der Waals surface area contributed by atoms with Crippen molar-refractivity contribution in [1.29, 1.82) is 0 Å². The molecule has 0 aliphatic carbocycles. The molecule has 2 nitrogen and oxygen atoms in total. The average Bonchev–Trinajstić information content (AvgIpc) is 2.29. The van der Waals surface area contributed by atoms with Crippen LogP contribution in [0.25, 0.3) is 0 Å². The van der Waals surface area contributed by atoms with Crippen molar-refractivity contribution in [3.63, 3.8) is 0 Å². The van der Waals surface area contributed by atoms with Gasteiger partial charge in [0.25, 0.3) is 0 Å². The summed E-state index contributed by atoms with van der Waals surface area (Å²) in [7, 11) is 0. The van der Waals surface area contributed by atoms with E-state index < -0.39 is 0 Å². The summed E-state index contributed by atoms with van der Waals surface area (Å²) in [6.07, 6.45) is 8.28. The second-order valence-electron chi connectivity index (χ2n) is 4.54. The zero-order chi connectivity index (χ0) is 12.1. The van der Waals surface area contributed by atoms with Gasteiger partial charge in [0, 0.05) is 25.2 Å². The van der Waals surface area contributed by atoms with E-state index in [1.54, 1.807) is 0 Å². The van der Waals surface area contributed by atoms with Crippen LogP contribution in [0.1, 0.15) is 37.7 Å². The number of hydrogen-bond donors (Lipinski definition) is 0. The maximum absolute atomic E-state index is 6.27. The van der Waals surface area contributed by atoms with Gasteiger partial charge in [0.05, 0.1) is 5.02 Å². The minimum Gasteiger partial charge on any atom is -0.355 e. The lowest BCUT2D eigenvalue weighted by molar-refractivity contribution is 0.554. The summed E-state index contributed by atoms with van der Waals surface area (Å²) in [5.74, 6) is 1.38. The van der Waals surface area contributed by atoms with Crippen LogP contribution in [-0.4, -0.2) is 18.1 Å². The summed E-state index contributed by atoms with van der Waals surface area (Å²) in [5.41, 5.74) is 0.979. The second kappa shape index (κ2) is 6.46. The Balaban J connectivity index is 2.13. The van der Waals surface area contributed by atoms with E-state index in [0.29, 0.717) is 5.88 Å². The van der Waals surface area contributed by atoms with Gasteiger partial charge in [-0.25, -0.2) is 4.98 Å². The van der Waals surface area contributed by atoms with Crippen molar-refractivity contribution >= 4 is 29.0 Å². The van der Waals surface area contributed by atoms with Gasteiger partial charge in [-0.15, -0.1) is 11.6 Å². The fourth-order valence-corrected chi connectivity index (χ4v) is 2.69. The van der Waals surface area contributed by atoms with Crippen LogP contribution in [0, 0.1) is 0 Å². The van der Waals surface area contributed by atoms with Crippen LogP contribution in [0.2, 0.25) is 5.02 Å². The molecule has 0 spiro atoms. The zero-order valence-electron chi connectivity index (χ0n) is 9.96. The van der Waals surface area contributed by atoms with Gasteiger partial charge >= 0.3 is 0 Å². The molecule has 0 unspecified atom stereocenters. The van der Waals surface area contributed by atoms with Crippen LogP contribution in [0.3, 0.4) is 0 Å². The zero-order valence-corrected chi connectivity index (χ0v) is 11.5. The number of nitrogens with zero attached hydrogens (tertiary/aromatic N) is 2. The fourth-order valence-electron chi connectivity index (χ4n) is 2.24. The Labute approximate surface area is 113 Å². The molecule has 0 N–H and O–H groups in total. The molecule has 1 aromatic heterocycles. The Morgan fingerprint density at radius 3 is 2.35 bits per heavy atom. The molecule has 0 saturated carbocycles. The van der Waals surface area contributed by atoms with E-state index in [0.717, 1.165) is 29.5 Å². The van der Waals surface area contributed by atoms with Gasteiger partial charge in [0.15, 0.2) is 0 Å². The highest BCUT2D eigenvalue weighted by atomic mass is 35.5. The first-order valence-electron chi connectivity index (χ1n) is 6.26. The summed E-state index contributed by atoms with van der Waals surface area (Å²) >= 11 is 12.0. The van der Waals surface area contributed by atoms with Crippen molar-refractivity contribution < 1.29 is 0 Å². The van der Waals surface area contributed by atoms with E-state index in [1.807, 2.05) is 12.3 Å². The molecule has 1 aliphatic rings. The molecular formula is C13H18Cl2N2. The van der Waals surface area contributed by atoms with Gasteiger partial charge in [-0.05, 0) is 24.5 Å². The quantitative estimate of drug-likeness (QED) is 0.749. The first-order valence-corrected chi connectivity index (χ1v) is 7.18. The first kappa shape index (κ1) is 13.0. The lowest BCUT2D eigenvalue weighted by Gasteiger charge is -2.26. The predicted molar refractivity (Wildman–Crippen MR) is 74.1 cm³/mol. The summed E-state index contributed by atoms with van der Waals surface area (Å²) in [6.45, 7) is 2.12. The molecule has 17 heavy (non-hydrogen) atoms. The molecule has 0 bridgehead atoms. The molecule has 0 radical (unpaired) electrons. The van der Waals surface area contributed by atoms with E-state index in [4.69, 9.17) is 23.2 Å². The lowest BCUT2D eigenvalue weighted by atomic mass is 10.1. The van der Waals surface area contributed by atoms with Gasteiger partial charge in [0.1, 0.15) is 5.82 Å². The van der Waals surface area contributed by atoms with Crippen molar-refractivity contribution in [1.82, 2.24) is 4.98 Å². The maximum Gasteiger partial charge on any atom is 0.147 e.